The molecule has 0 aliphatic carbocycles. The van der Waals surface area contributed by atoms with Gasteiger partial charge >= 0.3 is 0 Å². The number of aliphatic hydroxyl groups is 3. The van der Waals surface area contributed by atoms with E-state index in [0.717, 1.165) is 0 Å². The molecule has 24 heavy (non-hydrogen) atoms. The van der Waals surface area contributed by atoms with Gasteiger partial charge < -0.3 is 34.9 Å². The number of hydrogen-bond donors (Lipinski definition) is 5. The lowest BCUT2D eigenvalue weighted by molar-refractivity contribution is -0.0948. The summed E-state index contributed by atoms with van der Waals surface area (Å²) in [5.41, 5.74) is -2.10. The van der Waals surface area contributed by atoms with Gasteiger partial charge in [-0.25, -0.2) is 4.98 Å². The summed E-state index contributed by atoms with van der Waals surface area (Å²) in [6, 6.07) is 0. The van der Waals surface area contributed by atoms with Crippen LogP contribution in [0, 0.1) is 0 Å². The predicted octanol–water partition coefficient (Wildman–Crippen LogP) is -1.91. The van der Waals surface area contributed by atoms with Crippen LogP contribution >= 0.6 is 0 Å². The van der Waals surface area contributed by atoms with Crippen molar-refractivity contribution in [2.24, 2.45) is 0 Å². The van der Waals surface area contributed by atoms with E-state index in [1.807, 2.05) is 0 Å². The van der Waals surface area contributed by atoms with Crippen LogP contribution in [0.3, 0.4) is 0 Å². The first-order valence-corrected chi connectivity index (χ1v) is 7.30. The Morgan fingerprint density at radius 1 is 1.58 bits per heavy atom. The smallest absolute Gasteiger partial charge is 0.261 e. The third-order valence-corrected chi connectivity index (χ3v) is 4.27. The number of carbonyl (C=O) groups is 1. The maximum atomic E-state index is 12.1. The fourth-order valence-electron chi connectivity index (χ4n) is 2.97. The van der Waals surface area contributed by atoms with E-state index >= 15 is 0 Å². The average Bonchev–Trinajstić information content (AvgIpc) is 3.04. The minimum Gasteiger partial charge on any atom is -0.394 e. The van der Waals surface area contributed by atoms with E-state index in [1.54, 1.807) is 0 Å². The van der Waals surface area contributed by atoms with Gasteiger partial charge in [0, 0.05) is 13.2 Å². The van der Waals surface area contributed by atoms with E-state index < -0.39 is 42.1 Å². The average molecular weight is 338 g/mol. The molecule has 1 aliphatic rings. The topological polar surface area (TPSA) is 150 Å². The third-order valence-electron chi connectivity index (χ3n) is 4.27. The second-order valence-electron chi connectivity index (χ2n) is 5.84. The summed E-state index contributed by atoms with van der Waals surface area (Å²) in [6.07, 6.45) is -1.00. The zero-order valence-electron chi connectivity index (χ0n) is 13.1. The Morgan fingerprint density at radius 3 is 2.88 bits per heavy atom. The number of nitrogens with zero attached hydrogens (tertiary/aromatic N) is 2. The highest BCUT2D eigenvalue weighted by molar-refractivity contribution is 6.05. The summed E-state index contributed by atoms with van der Waals surface area (Å²) in [5, 5.41) is 32.5. The van der Waals surface area contributed by atoms with E-state index in [-0.39, 0.29) is 16.6 Å². The summed E-state index contributed by atoms with van der Waals surface area (Å²) < 4.78 is 6.84. The van der Waals surface area contributed by atoms with Crippen LogP contribution in [0.1, 0.15) is 23.5 Å². The molecule has 0 radical (unpaired) electrons. The Balaban J connectivity index is 2.23. The van der Waals surface area contributed by atoms with E-state index in [1.165, 1.54) is 31.1 Å². The standard InChI is InChI=1S/C14H18N4O6/c1-14(23)9(20)7(4-19)24-13(14)18-3-6(11(21)15-2)8-10(18)16-5-17-12(8)22/h3,5,7,9,13,19-20,23H,4H2,1-2H3,(H,15,21)(H,16,17,22)/t7-,9-,13-,14-/m1/s1. The lowest BCUT2D eigenvalue weighted by Gasteiger charge is -2.27. The van der Waals surface area contributed by atoms with Crippen molar-refractivity contribution in [3.8, 4) is 0 Å². The molecule has 10 nitrogen and oxygen atoms in total. The molecule has 1 saturated heterocycles. The predicted molar refractivity (Wildman–Crippen MR) is 81.4 cm³/mol. The van der Waals surface area contributed by atoms with E-state index in [0.29, 0.717) is 0 Å². The van der Waals surface area contributed by atoms with Crippen molar-refractivity contribution in [3.63, 3.8) is 0 Å². The van der Waals surface area contributed by atoms with E-state index in [2.05, 4.69) is 15.3 Å². The first kappa shape index (κ1) is 16.6. The first-order chi connectivity index (χ1) is 11.3. The molecule has 10 heteroatoms. The van der Waals surface area contributed by atoms with Gasteiger partial charge in [-0.05, 0) is 6.92 Å². The largest absolute Gasteiger partial charge is 0.394 e. The molecular formula is C14H18N4O6. The van der Waals surface area contributed by atoms with Gasteiger partial charge in [-0.3, -0.25) is 9.59 Å². The molecule has 0 spiro atoms. The van der Waals surface area contributed by atoms with Gasteiger partial charge in [0.2, 0.25) is 0 Å². The second-order valence-corrected chi connectivity index (χ2v) is 5.84. The number of H-pyrrole nitrogens is 1. The molecular weight excluding hydrogens is 320 g/mol. The number of carbonyl (C=O) groups excluding carboxylic acids is 1. The minimum atomic E-state index is -1.76. The maximum Gasteiger partial charge on any atom is 0.261 e. The lowest BCUT2D eigenvalue weighted by atomic mass is 9.96. The SMILES string of the molecule is CNC(=O)c1cn([C@@H]2O[C@H](CO)[C@@H](O)[C@@]2(C)O)c2nc[nH]c(=O)c12. The number of aliphatic hydroxyl groups excluding tert-OH is 2. The lowest BCUT2D eigenvalue weighted by Crippen LogP contribution is -2.44. The number of aromatic nitrogens is 3. The molecule has 1 amide bonds. The zero-order valence-corrected chi connectivity index (χ0v) is 13.1. The van der Waals surface area contributed by atoms with Crippen LogP contribution in [0.2, 0.25) is 0 Å². The second kappa shape index (κ2) is 5.67. The third kappa shape index (κ3) is 2.23. The molecule has 2 aromatic heterocycles. The number of amides is 1. The van der Waals surface area contributed by atoms with Crippen LogP contribution in [0.25, 0.3) is 11.0 Å². The molecule has 3 rings (SSSR count). The van der Waals surface area contributed by atoms with Gasteiger partial charge in [0.05, 0.1) is 23.9 Å². The highest BCUT2D eigenvalue weighted by atomic mass is 16.6. The van der Waals surface area contributed by atoms with Crippen LogP contribution in [0.5, 0.6) is 0 Å². The molecule has 4 atom stereocenters. The van der Waals surface area contributed by atoms with Crippen molar-refractivity contribution in [1.29, 1.82) is 0 Å². The van der Waals surface area contributed by atoms with Gasteiger partial charge in [-0.15, -0.1) is 0 Å². The van der Waals surface area contributed by atoms with Crippen molar-refractivity contribution >= 4 is 16.9 Å². The highest BCUT2D eigenvalue weighted by Crippen LogP contribution is 2.39. The Labute approximate surface area is 135 Å². The summed E-state index contributed by atoms with van der Waals surface area (Å²) in [4.78, 5) is 30.6. The van der Waals surface area contributed by atoms with Crippen molar-refractivity contribution in [2.75, 3.05) is 13.7 Å². The van der Waals surface area contributed by atoms with Crippen molar-refractivity contribution in [2.45, 2.75) is 31.0 Å². The molecule has 0 unspecified atom stereocenters. The van der Waals surface area contributed by atoms with Crippen LogP contribution < -0.4 is 10.9 Å². The summed E-state index contributed by atoms with van der Waals surface area (Å²) in [7, 11) is 1.42. The Bertz CT molecular complexity index is 841. The number of fused-ring (bicyclic) bond motifs is 1. The molecule has 0 bridgehead atoms. The van der Waals surface area contributed by atoms with Crippen LogP contribution in [0.4, 0.5) is 0 Å². The molecule has 3 heterocycles. The summed E-state index contributed by atoms with van der Waals surface area (Å²) in [6.45, 7) is 0.847. The van der Waals surface area contributed by atoms with Crippen molar-refractivity contribution in [3.05, 3.63) is 28.4 Å². The zero-order chi connectivity index (χ0) is 17.6. The molecule has 0 aromatic carbocycles. The van der Waals surface area contributed by atoms with Gasteiger partial charge in [0.15, 0.2) is 6.23 Å². The quantitative estimate of drug-likeness (QED) is 0.438. The normalized spacial score (nSPS) is 30.0. The van der Waals surface area contributed by atoms with E-state index in [4.69, 9.17) is 4.74 Å². The van der Waals surface area contributed by atoms with Gasteiger partial charge in [0.25, 0.3) is 11.5 Å². The Kier molecular flexibility index (Phi) is 3.92. The molecule has 1 fully saturated rings. The number of rotatable bonds is 3. The number of ether oxygens (including phenoxy) is 1. The van der Waals surface area contributed by atoms with Gasteiger partial charge in [0.1, 0.15) is 23.5 Å². The van der Waals surface area contributed by atoms with Crippen LogP contribution in [0.15, 0.2) is 17.3 Å². The Hall–Kier alpha value is -2.27. The highest BCUT2D eigenvalue weighted by Gasteiger charge is 2.53. The van der Waals surface area contributed by atoms with Crippen molar-refractivity contribution < 1.29 is 24.9 Å². The minimum absolute atomic E-state index is 0.0400. The number of nitrogens with one attached hydrogen (secondary N) is 2. The molecule has 5 N–H and O–H groups in total. The molecule has 0 saturated carbocycles. The monoisotopic (exact) mass is 338 g/mol. The number of hydrogen-bond acceptors (Lipinski definition) is 7. The van der Waals surface area contributed by atoms with E-state index in [9.17, 15) is 24.9 Å². The van der Waals surface area contributed by atoms with Crippen LogP contribution in [-0.4, -0.2) is 67.2 Å². The molecule has 2 aromatic rings. The van der Waals surface area contributed by atoms with Gasteiger partial charge in [-0.1, -0.05) is 0 Å². The summed E-state index contributed by atoms with van der Waals surface area (Å²) in [5.74, 6) is -0.505. The molecule has 1 aliphatic heterocycles. The number of aromatic amines is 1. The fraction of sp³-hybridized carbons (Fsp3) is 0.500. The summed E-state index contributed by atoms with van der Waals surface area (Å²) >= 11 is 0. The maximum absolute atomic E-state index is 12.1. The first-order valence-electron chi connectivity index (χ1n) is 7.30. The van der Waals surface area contributed by atoms with Gasteiger partial charge in [-0.2, -0.15) is 0 Å². The Morgan fingerprint density at radius 2 is 2.29 bits per heavy atom. The molecule has 130 valence electrons. The fourth-order valence-corrected chi connectivity index (χ4v) is 2.97. The van der Waals surface area contributed by atoms with Crippen molar-refractivity contribution in [1.82, 2.24) is 19.9 Å². The van der Waals surface area contributed by atoms with Crippen LogP contribution in [-0.2, 0) is 4.74 Å².